The Bertz CT molecular complexity index is 570. The van der Waals surface area contributed by atoms with E-state index in [0.717, 1.165) is 57.5 Å². The number of fused-ring (bicyclic) bond motifs is 3. The second-order valence-corrected chi connectivity index (χ2v) is 6.33. The minimum absolute atomic E-state index is 0.320. The third-order valence-corrected chi connectivity index (χ3v) is 4.80. The fraction of sp³-hybridized carbons (Fsp3) is 0.667. The fourth-order valence-electron chi connectivity index (χ4n) is 3.51. The summed E-state index contributed by atoms with van der Waals surface area (Å²) in [5.74, 6) is 0.726. The van der Waals surface area contributed by atoms with Crippen LogP contribution in [0, 0.1) is 0 Å². The molecule has 0 amide bonds. The van der Waals surface area contributed by atoms with Crippen LogP contribution in [0.2, 0.25) is 0 Å². The summed E-state index contributed by atoms with van der Waals surface area (Å²) in [5.41, 5.74) is 0.0206. The monoisotopic (exact) mass is 312 g/mol. The van der Waals surface area contributed by atoms with E-state index in [1.165, 1.54) is 6.07 Å². The molecule has 1 N–H and O–H groups in total. The van der Waals surface area contributed by atoms with Gasteiger partial charge in [-0.2, -0.15) is 13.2 Å². The summed E-state index contributed by atoms with van der Waals surface area (Å²) in [6.07, 6.45) is -0.265. The number of halogens is 3. The van der Waals surface area contributed by atoms with Gasteiger partial charge in [0.05, 0.1) is 11.3 Å². The fourth-order valence-corrected chi connectivity index (χ4v) is 3.51. The lowest BCUT2D eigenvalue weighted by Gasteiger charge is -2.36. The van der Waals surface area contributed by atoms with Crippen molar-refractivity contribution in [2.75, 3.05) is 36.0 Å². The minimum Gasteiger partial charge on any atom is -0.365 e. The summed E-state index contributed by atoms with van der Waals surface area (Å²) in [5, 5.41) is 3.37. The van der Waals surface area contributed by atoms with E-state index in [4.69, 9.17) is 0 Å². The van der Waals surface area contributed by atoms with Crippen molar-refractivity contribution in [3.8, 4) is 0 Å². The molecule has 0 bridgehead atoms. The summed E-state index contributed by atoms with van der Waals surface area (Å²) < 4.78 is 39.2. The third-order valence-electron chi connectivity index (χ3n) is 4.80. The maximum absolute atomic E-state index is 13.1. The van der Waals surface area contributed by atoms with Gasteiger partial charge in [-0.3, -0.25) is 0 Å². The Morgan fingerprint density at radius 1 is 1.09 bits per heavy atom. The van der Waals surface area contributed by atoms with Crippen molar-refractivity contribution in [2.24, 2.45) is 0 Å². The van der Waals surface area contributed by atoms with Crippen molar-refractivity contribution in [3.63, 3.8) is 0 Å². The topological polar surface area (TPSA) is 31.4 Å². The normalized spacial score (nSPS) is 25.5. The number of anilines is 2. The average molecular weight is 312 g/mol. The van der Waals surface area contributed by atoms with Crippen molar-refractivity contribution in [1.82, 2.24) is 10.3 Å². The number of nitrogens with one attached hydrogen (secondary N) is 1. The molecule has 1 aliphatic carbocycles. The van der Waals surface area contributed by atoms with Crippen molar-refractivity contribution in [2.45, 2.75) is 37.5 Å². The number of nitrogens with zero attached hydrogens (tertiary/aromatic N) is 3. The SMILES string of the molecule is FC(F)(F)c1cnc2c(c1)N(C1CC1)CC[C@@H]1CNCCN21. The van der Waals surface area contributed by atoms with Gasteiger partial charge in [-0.05, 0) is 25.3 Å². The van der Waals surface area contributed by atoms with Crippen LogP contribution in [0.4, 0.5) is 24.7 Å². The molecule has 0 unspecified atom stereocenters. The van der Waals surface area contributed by atoms with E-state index >= 15 is 0 Å². The first-order valence-corrected chi connectivity index (χ1v) is 7.85. The van der Waals surface area contributed by atoms with E-state index in [1.807, 2.05) is 0 Å². The van der Waals surface area contributed by atoms with Crippen LogP contribution in [0.5, 0.6) is 0 Å². The molecule has 22 heavy (non-hydrogen) atoms. The highest BCUT2D eigenvalue weighted by atomic mass is 19.4. The van der Waals surface area contributed by atoms with Gasteiger partial charge in [0, 0.05) is 44.5 Å². The molecule has 1 saturated carbocycles. The van der Waals surface area contributed by atoms with Gasteiger partial charge in [-0.1, -0.05) is 0 Å². The average Bonchev–Trinajstić information content (AvgIpc) is 3.31. The Morgan fingerprint density at radius 2 is 1.91 bits per heavy atom. The van der Waals surface area contributed by atoms with E-state index < -0.39 is 11.7 Å². The van der Waals surface area contributed by atoms with Gasteiger partial charge >= 0.3 is 6.18 Å². The first kappa shape index (κ1) is 14.1. The first-order chi connectivity index (χ1) is 10.5. The van der Waals surface area contributed by atoms with Gasteiger partial charge in [0.1, 0.15) is 0 Å². The molecule has 4 rings (SSSR count). The second-order valence-electron chi connectivity index (χ2n) is 6.33. The highest BCUT2D eigenvalue weighted by Crippen LogP contribution is 2.42. The number of aromatic nitrogens is 1. The van der Waals surface area contributed by atoms with E-state index in [-0.39, 0.29) is 0 Å². The largest absolute Gasteiger partial charge is 0.417 e. The van der Waals surface area contributed by atoms with Crippen LogP contribution >= 0.6 is 0 Å². The van der Waals surface area contributed by atoms with Gasteiger partial charge < -0.3 is 15.1 Å². The highest BCUT2D eigenvalue weighted by Gasteiger charge is 2.39. The van der Waals surface area contributed by atoms with Crippen molar-refractivity contribution in [1.29, 1.82) is 0 Å². The summed E-state index contributed by atoms with van der Waals surface area (Å²) in [6.45, 7) is 3.33. The standard InChI is InChI=1S/C15H19F3N4/c16-15(17,18)10-7-13-14(20-8-10)22-6-4-19-9-12(22)3-5-21(13)11-1-2-11/h7-8,11-12,19H,1-6,9H2/t12-/m1/s1. The molecule has 0 aromatic carbocycles. The Kier molecular flexibility index (Phi) is 3.21. The molecular formula is C15H19F3N4. The van der Waals surface area contributed by atoms with E-state index in [0.29, 0.717) is 17.8 Å². The molecule has 0 radical (unpaired) electrons. The molecule has 1 atom stereocenters. The van der Waals surface area contributed by atoms with Crippen LogP contribution in [0.3, 0.4) is 0 Å². The number of hydrogen-bond acceptors (Lipinski definition) is 4. The Labute approximate surface area is 127 Å². The van der Waals surface area contributed by atoms with Gasteiger partial charge in [-0.15, -0.1) is 0 Å². The summed E-state index contributed by atoms with van der Waals surface area (Å²) in [6, 6.07) is 2.00. The summed E-state index contributed by atoms with van der Waals surface area (Å²) in [4.78, 5) is 8.56. The molecule has 1 aromatic rings. The zero-order chi connectivity index (χ0) is 15.3. The summed E-state index contributed by atoms with van der Waals surface area (Å²) in [7, 11) is 0. The predicted octanol–water partition coefficient (Wildman–Crippen LogP) is 2.25. The maximum atomic E-state index is 13.1. The van der Waals surface area contributed by atoms with Gasteiger partial charge in [0.15, 0.2) is 5.82 Å². The predicted molar refractivity (Wildman–Crippen MR) is 78.2 cm³/mol. The Hall–Kier alpha value is -1.50. The molecule has 0 spiro atoms. The highest BCUT2D eigenvalue weighted by molar-refractivity contribution is 5.70. The van der Waals surface area contributed by atoms with Crippen LogP contribution in [0.15, 0.2) is 12.3 Å². The smallest absolute Gasteiger partial charge is 0.365 e. The van der Waals surface area contributed by atoms with Crippen LogP contribution in [0.1, 0.15) is 24.8 Å². The molecule has 1 saturated heterocycles. The quantitative estimate of drug-likeness (QED) is 0.862. The number of pyridine rings is 1. The Morgan fingerprint density at radius 3 is 2.64 bits per heavy atom. The van der Waals surface area contributed by atoms with Gasteiger partial charge in [-0.25, -0.2) is 4.98 Å². The maximum Gasteiger partial charge on any atom is 0.417 e. The van der Waals surface area contributed by atoms with Crippen molar-refractivity contribution < 1.29 is 13.2 Å². The van der Waals surface area contributed by atoms with E-state index in [1.54, 1.807) is 0 Å². The number of hydrogen-bond donors (Lipinski definition) is 1. The molecule has 4 nitrogen and oxygen atoms in total. The molecule has 3 aliphatic rings. The number of piperazine rings is 1. The molecule has 120 valence electrons. The van der Waals surface area contributed by atoms with E-state index in [2.05, 4.69) is 20.1 Å². The lowest BCUT2D eigenvalue weighted by atomic mass is 10.1. The van der Waals surface area contributed by atoms with Crippen molar-refractivity contribution in [3.05, 3.63) is 17.8 Å². The molecular weight excluding hydrogens is 293 g/mol. The van der Waals surface area contributed by atoms with Crippen LogP contribution < -0.4 is 15.1 Å². The zero-order valence-electron chi connectivity index (χ0n) is 12.2. The van der Waals surface area contributed by atoms with Gasteiger partial charge in [0.25, 0.3) is 0 Å². The third kappa shape index (κ3) is 2.41. The van der Waals surface area contributed by atoms with Crippen LogP contribution in [-0.2, 0) is 6.18 Å². The molecule has 3 heterocycles. The number of rotatable bonds is 1. The number of alkyl halides is 3. The molecule has 2 fully saturated rings. The lowest BCUT2D eigenvalue weighted by Crippen LogP contribution is -2.51. The minimum atomic E-state index is -4.34. The first-order valence-electron chi connectivity index (χ1n) is 7.85. The van der Waals surface area contributed by atoms with E-state index in [9.17, 15) is 13.2 Å². The zero-order valence-corrected chi connectivity index (χ0v) is 12.2. The van der Waals surface area contributed by atoms with Crippen LogP contribution in [0.25, 0.3) is 0 Å². The lowest BCUT2D eigenvalue weighted by molar-refractivity contribution is -0.137. The van der Waals surface area contributed by atoms with Crippen LogP contribution in [-0.4, -0.2) is 43.2 Å². The molecule has 7 heteroatoms. The summed E-state index contributed by atoms with van der Waals surface area (Å²) >= 11 is 0. The molecule has 2 aliphatic heterocycles. The Balaban J connectivity index is 1.79. The van der Waals surface area contributed by atoms with Crippen molar-refractivity contribution >= 4 is 11.5 Å². The molecule has 1 aromatic heterocycles. The second kappa shape index (κ2) is 5.01. The van der Waals surface area contributed by atoms with Gasteiger partial charge in [0.2, 0.25) is 0 Å².